The van der Waals surface area contributed by atoms with E-state index < -0.39 is 4.92 Å². The van der Waals surface area contributed by atoms with Crippen molar-refractivity contribution in [2.45, 2.75) is 27.0 Å². The van der Waals surface area contributed by atoms with Crippen LogP contribution in [0.4, 0.5) is 5.69 Å². The minimum atomic E-state index is -0.436. The van der Waals surface area contributed by atoms with Gasteiger partial charge in [-0.15, -0.1) is 0 Å². The van der Waals surface area contributed by atoms with Crippen LogP contribution in [0.25, 0.3) is 0 Å². The molecule has 156 valence electrons. The summed E-state index contributed by atoms with van der Waals surface area (Å²) >= 11 is 3.44. The van der Waals surface area contributed by atoms with Crippen molar-refractivity contribution in [3.05, 3.63) is 85.6 Å². The lowest BCUT2D eigenvalue weighted by Gasteiger charge is -2.10. The van der Waals surface area contributed by atoms with Gasteiger partial charge >= 0.3 is 5.69 Å². The minimum Gasteiger partial charge on any atom is -0.488 e. The smallest absolute Gasteiger partial charge is 0.312 e. The van der Waals surface area contributed by atoms with E-state index >= 15 is 0 Å². The van der Waals surface area contributed by atoms with E-state index in [1.54, 1.807) is 32.0 Å². The first-order valence-electron chi connectivity index (χ1n) is 9.29. The van der Waals surface area contributed by atoms with Crippen LogP contribution in [0.2, 0.25) is 0 Å². The Hall–Kier alpha value is -3.20. The number of nitrogens with one attached hydrogen (secondary N) is 1. The molecule has 3 rings (SSSR count). The molecule has 2 aromatic carbocycles. The Bertz CT molecular complexity index is 1080. The fourth-order valence-corrected chi connectivity index (χ4v) is 3.47. The summed E-state index contributed by atoms with van der Waals surface area (Å²) in [4.78, 5) is 23.1. The summed E-state index contributed by atoms with van der Waals surface area (Å²) in [5.41, 5.74) is 2.23. The molecule has 30 heavy (non-hydrogen) atoms. The number of carbonyl (C=O) groups is 1. The molecule has 1 aromatic heterocycles. The molecule has 1 heterocycles. The van der Waals surface area contributed by atoms with Crippen molar-refractivity contribution in [1.82, 2.24) is 15.1 Å². The number of halogens is 1. The predicted octanol–water partition coefficient (Wildman–Crippen LogP) is 4.18. The van der Waals surface area contributed by atoms with Gasteiger partial charge in [-0.3, -0.25) is 19.6 Å². The second-order valence-electron chi connectivity index (χ2n) is 6.68. The summed E-state index contributed by atoms with van der Waals surface area (Å²) < 4.78 is 8.20. The standard InChI is InChI=1S/C21H21BrN4O4/c1-14-20(26(28)29)15(2)25(24-14)11-10-23-21(27)17-7-5-6-16(12-17)13-30-19-9-4-3-8-18(19)22/h3-9,12H,10-11,13H2,1-2H3,(H,23,27). The van der Waals surface area contributed by atoms with E-state index in [0.717, 1.165) is 15.8 Å². The third-order valence-corrected chi connectivity index (χ3v) is 5.21. The molecule has 0 spiro atoms. The lowest BCUT2D eigenvalue weighted by Crippen LogP contribution is -2.27. The fraction of sp³-hybridized carbons (Fsp3) is 0.238. The molecule has 0 fully saturated rings. The van der Waals surface area contributed by atoms with E-state index in [1.165, 1.54) is 4.68 Å². The van der Waals surface area contributed by atoms with Gasteiger partial charge in [-0.25, -0.2) is 0 Å². The topological polar surface area (TPSA) is 99.3 Å². The molecule has 8 nitrogen and oxygen atoms in total. The summed E-state index contributed by atoms with van der Waals surface area (Å²) in [6.45, 7) is 4.22. The maximum absolute atomic E-state index is 12.5. The van der Waals surface area contributed by atoms with Crippen LogP contribution in [-0.4, -0.2) is 27.2 Å². The van der Waals surface area contributed by atoms with Crippen LogP contribution < -0.4 is 10.1 Å². The van der Waals surface area contributed by atoms with Crippen molar-refractivity contribution in [2.75, 3.05) is 6.54 Å². The van der Waals surface area contributed by atoms with Gasteiger partial charge in [0, 0.05) is 12.1 Å². The maximum Gasteiger partial charge on any atom is 0.312 e. The summed E-state index contributed by atoms with van der Waals surface area (Å²) in [6.07, 6.45) is 0. The molecule has 3 aromatic rings. The van der Waals surface area contributed by atoms with Crippen LogP contribution in [0.3, 0.4) is 0 Å². The molecule has 0 aliphatic rings. The molecular weight excluding hydrogens is 452 g/mol. The molecule has 0 radical (unpaired) electrons. The summed E-state index contributed by atoms with van der Waals surface area (Å²) in [6, 6.07) is 14.8. The number of ether oxygens (including phenoxy) is 1. The van der Waals surface area contributed by atoms with Crippen molar-refractivity contribution < 1.29 is 14.5 Å². The molecule has 0 bridgehead atoms. The highest BCUT2D eigenvalue weighted by atomic mass is 79.9. The highest BCUT2D eigenvalue weighted by Crippen LogP contribution is 2.25. The van der Waals surface area contributed by atoms with Gasteiger partial charge in [-0.05, 0) is 59.6 Å². The summed E-state index contributed by atoms with van der Waals surface area (Å²) in [7, 11) is 0. The van der Waals surface area contributed by atoms with Crippen LogP contribution in [0.15, 0.2) is 53.0 Å². The van der Waals surface area contributed by atoms with E-state index in [4.69, 9.17) is 4.74 Å². The summed E-state index contributed by atoms with van der Waals surface area (Å²) in [5, 5.41) is 18.1. The average molecular weight is 473 g/mol. The molecule has 0 unspecified atom stereocenters. The van der Waals surface area contributed by atoms with Crippen molar-refractivity contribution in [3.63, 3.8) is 0 Å². The number of aryl methyl sites for hydroxylation is 1. The van der Waals surface area contributed by atoms with Crippen molar-refractivity contribution in [3.8, 4) is 5.75 Å². The van der Waals surface area contributed by atoms with Crippen LogP contribution in [0, 0.1) is 24.0 Å². The molecule has 0 aliphatic carbocycles. The van der Waals surface area contributed by atoms with E-state index in [2.05, 4.69) is 26.3 Å². The molecule has 0 saturated heterocycles. The Morgan fingerprint density at radius 2 is 2.00 bits per heavy atom. The number of benzene rings is 2. The Kier molecular flexibility index (Phi) is 6.83. The number of amides is 1. The first-order chi connectivity index (χ1) is 14.4. The SMILES string of the molecule is Cc1nn(CCNC(=O)c2cccc(COc3ccccc3Br)c2)c(C)c1[N+](=O)[O-]. The number of aromatic nitrogens is 2. The average Bonchev–Trinajstić information content (AvgIpc) is 3.01. The highest BCUT2D eigenvalue weighted by Gasteiger charge is 2.21. The maximum atomic E-state index is 12.5. The molecule has 0 atom stereocenters. The first kappa shape index (κ1) is 21.5. The van der Waals surface area contributed by atoms with Gasteiger partial charge in [-0.1, -0.05) is 24.3 Å². The van der Waals surface area contributed by atoms with Crippen molar-refractivity contribution >= 4 is 27.5 Å². The van der Waals surface area contributed by atoms with Crippen molar-refractivity contribution in [2.24, 2.45) is 0 Å². The molecular formula is C21H21BrN4O4. The van der Waals surface area contributed by atoms with Gasteiger partial charge < -0.3 is 10.1 Å². The van der Waals surface area contributed by atoms with Crippen LogP contribution in [0.1, 0.15) is 27.3 Å². The van der Waals surface area contributed by atoms with E-state index in [1.807, 2.05) is 30.3 Å². The molecule has 1 amide bonds. The number of para-hydroxylation sites is 1. The fourth-order valence-electron chi connectivity index (χ4n) is 3.07. The quantitative estimate of drug-likeness (QED) is 0.391. The minimum absolute atomic E-state index is 0.0130. The lowest BCUT2D eigenvalue weighted by atomic mass is 10.1. The third kappa shape index (κ3) is 5.04. The number of rotatable bonds is 8. The summed E-state index contributed by atoms with van der Waals surface area (Å²) in [5.74, 6) is 0.500. The Morgan fingerprint density at radius 1 is 1.23 bits per heavy atom. The Labute approximate surface area is 182 Å². The normalized spacial score (nSPS) is 10.6. The van der Waals surface area contributed by atoms with Gasteiger partial charge in [0.15, 0.2) is 0 Å². The highest BCUT2D eigenvalue weighted by molar-refractivity contribution is 9.10. The number of carbonyl (C=O) groups excluding carboxylic acids is 1. The number of nitro groups is 1. The number of hydrogen-bond donors (Lipinski definition) is 1. The van der Waals surface area contributed by atoms with E-state index in [9.17, 15) is 14.9 Å². The second kappa shape index (κ2) is 9.53. The van der Waals surface area contributed by atoms with E-state index in [-0.39, 0.29) is 11.6 Å². The second-order valence-corrected chi connectivity index (χ2v) is 7.53. The molecule has 0 saturated carbocycles. The van der Waals surface area contributed by atoms with Gasteiger partial charge in [-0.2, -0.15) is 5.10 Å². The molecule has 9 heteroatoms. The lowest BCUT2D eigenvalue weighted by molar-refractivity contribution is -0.386. The number of hydrogen-bond acceptors (Lipinski definition) is 5. The zero-order valence-corrected chi connectivity index (χ0v) is 18.2. The van der Waals surface area contributed by atoms with Gasteiger partial charge in [0.2, 0.25) is 0 Å². The third-order valence-electron chi connectivity index (χ3n) is 4.56. The van der Waals surface area contributed by atoms with Gasteiger partial charge in [0.1, 0.15) is 23.7 Å². The predicted molar refractivity (Wildman–Crippen MR) is 116 cm³/mol. The molecule has 0 aliphatic heterocycles. The van der Waals surface area contributed by atoms with Gasteiger partial charge in [0.25, 0.3) is 5.91 Å². The van der Waals surface area contributed by atoms with Gasteiger partial charge in [0.05, 0.1) is 15.9 Å². The molecule has 1 N–H and O–H groups in total. The van der Waals surface area contributed by atoms with Crippen LogP contribution >= 0.6 is 15.9 Å². The Balaban J connectivity index is 1.57. The van der Waals surface area contributed by atoms with E-state index in [0.29, 0.717) is 36.6 Å². The van der Waals surface area contributed by atoms with Crippen LogP contribution in [-0.2, 0) is 13.2 Å². The monoisotopic (exact) mass is 472 g/mol. The zero-order chi connectivity index (χ0) is 21.7. The first-order valence-corrected chi connectivity index (χ1v) is 10.1. The van der Waals surface area contributed by atoms with Crippen LogP contribution in [0.5, 0.6) is 5.75 Å². The number of nitrogens with zero attached hydrogens (tertiary/aromatic N) is 3. The Morgan fingerprint density at radius 3 is 2.70 bits per heavy atom. The largest absolute Gasteiger partial charge is 0.488 e. The van der Waals surface area contributed by atoms with Crippen molar-refractivity contribution in [1.29, 1.82) is 0 Å². The zero-order valence-electron chi connectivity index (χ0n) is 16.6.